The van der Waals surface area contributed by atoms with Crippen LogP contribution in [0.4, 0.5) is 11.6 Å². The Morgan fingerprint density at radius 2 is 1.81 bits per heavy atom. The van der Waals surface area contributed by atoms with Crippen LogP contribution in [-0.4, -0.2) is 27.0 Å². The van der Waals surface area contributed by atoms with E-state index in [0.717, 1.165) is 39.6 Å². The van der Waals surface area contributed by atoms with Crippen LogP contribution in [0.25, 0.3) is 0 Å². The van der Waals surface area contributed by atoms with Crippen molar-refractivity contribution in [3.63, 3.8) is 0 Å². The van der Waals surface area contributed by atoms with Crippen molar-refractivity contribution in [1.29, 1.82) is 0 Å². The van der Waals surface area contributed by atoms with Crippen molar-refractivity contribution in [2.24, 2.45) is 0 Å². The molecule has 1 aromatic heterocycles. The van der Waals surface area contributed by atoms with Crippen molar-refractivity contribution in [2.75, 3.05) is 28.8 Å². The lowest BCUT2D eigenvalue weighted by molar-refractivity contribution is 0.483. The first-order chi connectivity index (χ1) is 17.9. The van der Waals surface area contributed by atoms with Crippen LogP contribution in [0.5, 0.6) is 11.5 Å². The van der Waals surface area contributed by atoms with E-state index in [2.05, 4.69) is 16.0 Å². The fourth-order valence-corrected chi connectivity index (χ4v) is 4.37. The number of para-hydroxylation sites is 1. The molecule has 2 aliphatic heterocycles. The maximum atomic E-state index is 11.3. The second kappa shape index (κ2) is 10.8. The minimum Gasteiger partial charge on any atom is -0.457 e. The number of nitrogens with one attached hydrogen (secondary N) is 3. The van der Waals surface area contributed by atoms with Gasteiger partial charge >= 0.3 is 0 Å². The number of fused-ring (bicyclic) bond motifs is 1. The highest BCUT2D eigenvalue weighted by molar-refractivity contribution is 7.90. The standard InChI is InChI=1S/C28H28N4O4S/c1-37(33,34)14-12-29-16-21-15-28(35-20-21)32-13-11-22-17-30-18-27(26(22)19-32)31-23-7-9-25(10-8-23)36-24-5-3-2-4-6-24/h2-11,13,15,17-20,29-31H,12,14,16H2,1H3. The quantitative estimate of drug-likeness (QED) is 0.329. The normalized spacial score (nSPS) is 14.7. The fourth-order valence-electron chi connectivity index (χ4n) is 3.86. The monoisotopic (exact) mass is 516 g/mol. The van der Waals surface area contributed by atoms with Gasteiger partial charge in [-0.3, -0.25) is 4.90 Å². The van der Waals surface area contributed by atoms with E-state index in [1.54, 1.807) is 6.26 Å². The predicted octanol–water partition coefficient (Wildman–Crippen LogP) is 4.86. The number of nitrogens with zero attached hydrogens (tertiary/aromatic N) is 1. The zero-order valence-corrected chi connectivity index (χ0v) is 21.2. The third-order valence-electron chi connectivity index (χ3n) is 5.74. The Labute approximate surface area is 216 Å². The smallest absolute Gasteiger partial charge is 0.203 e. The molecule has 0 saturated carbocycles. The van der Waals surface area contributed by atoms with E-state index in [1.807, 2.05) is 96.4 Å². The third-order valence-corrected chi connectivity index (χ3v) is 6.68. The summed E-state index contributed by atoms with van der Waals surface area (Å²) in [7, 11) is -2.98. The number of dihydropyridines is 1. The van der Waals surface area contributed by atoms with Gasteiger partial charge in [-0.05, 0) is 42.5 Å². The Bertz CT molecular complexity index is 1470. The van der Waals surface area contributed by atoms with Crippen molar-refractivity contribution in [3.8, 4) is 11.5 Å². The summed E-state index contributed by atoms with van der Waals surface area (Å²) in [6, 6.07) is 19.4. The van der Waals surface area contributed by atoms with Gasteiger partial charge in [-0.1, -0.05) is 18.2 Å². The maximum absolute atomic E-state index is 11.3. The van der Waals surface area contributed by atoms with Crippen molar-refractivity contribution >= 4 is 21.4 Å². The molecule has 2 aliphatic rings. The maximum Gasteiger partial charge on any atom is 0.203 e. The summed E-state index contributed by atoms with van der Waals surface area (Å²) in [4.78, 5) is 1.92. The first-order valence-electron chi connectivity index (χ1n) is 11.8. The Balaban J connectivity index is 1.23. The number of benzene rings is 2. The Hall–Kier alpha value is -4.21. The summed E-state index contributed by atoms with van der Waals surface area (Å²) in [6.07, 6.45) is 12.7. The molecular weight excluding hydrogens is 488 g/mol. The van der Waals surface area contributed by atoms with Crippen LogP contribution in [-0.2, 0) is 16.4 Å². The van der Waals surface area contributed by atoms with Crippen molar-refractivity contribution in [1.82, 2.24) is 10.6 Å². The number of ether oxygens (including phenoxy) is 1. The lowest BCUT2D eigenvalue weighted by Crippen LogP contribution is -2.21. The zero-order chi connectivity index (χ0) is 25.7. The van der Waals surface area contributed by atoms with Gasteiger partial charge in [-0.25, -0.2) is 8.42 Å². The summed E-state index contributed by atoms with van der Waals surface area (Å²) in [5.74, 6) is 2.33. The molecule has 0 saturated heterocycles. The van der Waals surface area contributed by atoms with E-state index in [9.17, 15) is 8.42 Å². The average molecular weight is 517 g/mol. The van der Waals surface area contributed by atoms with Crippen LogP contribution in [0.15, 0.2) is 119 Å². The number of hydrogen-bond donors (Lipinski definition) is 3. The number of furan rings is 1. The van der Waals surface area contributed by atoms with E-state index in [0.29, 0.717) is 19.0 Å². The highest BCUT2D eigenvalue weighted by Crippen LogP contribution is 2.32. The third kappa shape index (κ3) is 6.52. The molecule has 190 valence electrons. The molecule has 0 aliphatic carbocycles. The van der Waals surface area contributed by atoms with Crippen LogP contribution in [0.2, 0.25) is 0 Å². The van der Waals surface area contributed by atoms with Gasteiger partial charge in [0.25, 0.3) is 0 Å². The topological polar surface area (TPSA) is 95.8 Å². The van der Waals surface area contributed by atoms with E-state index >= 15 is 0 Å². The van der Waals surface area contributed by atoms with E-state index in [-0.39, 0.29) is 5.75 Å². The minimum absolute atomic E-state index is 0.104. The van der Waals surface area contributed by atoms with Gasteiger partial charge in [-0.15, -0.1) is 0 Å². The summed E-state index contributed by atoms with van der Waals surface area (Å²) in [6.45, 7) is 0.923. The van der Waals surface area contributed by atoms with Gasteiger partial charge in [0, 0.05) is 72.6 Å². The second-order valence-electron chi connectivity index (χ2n) is 8.75. The van der Waals surface area contributed by atoms with Gasteiger partial charge in [0.2, 0.25) is 5.88 Å². The van der Waals surface area contributed by atoms with Crippen LogP contribution in [0.3, 0.4) is 0 Å². The molecule has 8 nitrogen and oxygen atoms in total. The molecule has 3 aromatic rings. The van der Waals surface area contributed by atoms with Gasteiger partial charge in [0.15, 0.2) is 0 Å². The molecule has 0 spiro atoms. The molecule has 9 heteroatoms. The number of hydrogen-bond acceptors (Lipinski definition) is 8. The van der Waals surface area contributed by atoms with Crippen molar-refractivity contribution < 1.29 is 17.6 Å². The lowest BCUT2D eigenvalue weighted by atomic mass is 10.0. The van der Waals surface area contributed by atoms with Crippen LogP contribution in [0, 0.1) is 0 Å². The largest absolute Gasteiger partial charge is 0.457 e. The molecule has 3 N–H and O–H groups in total. The highest BCUT2D eigenvalue weighted by Gasteiger charge is 2.20. The van der Waals surface area contributed by atoms with Crippen molar-refractivity contribution in [2.45, 2.75) is 6.54 Å². The highest BCUT2D eigenvalue weighted by atomic mass is 32.2. The van der Waals surface area contributed by atoms with Crippen LogP contribution in [0.1, 0.15) is 5.56 Å². The second-order valence-corrected chi connectivity index (χ2v) is 11.0. The van der Waals surface area contributed by atoms with E-state index in [1.165, 1.54) is 6.26 Å². The fraction of sp³-hybridized carbons (Fsp3) is 0.143. The SMILES string of the molecule is CS(=O)(=O)CCNCc1coc(N2C=CC3=CNC=C(Nc4ccc(Oc5ccccc5)cc4)C3=C2)c1. The molecule has 0 amide bonds. The summed E-state index contributed by atoms with van der Waals surface area (Å²) < 4.78 is 34.2. The predicted molar refractivity (Wildman–Crippen MR) is 146 cm³/mol. The molecule has 3 heterocycles. The molecule has 37 heavy (non-hydrogen) atoms. The number of anilines is 2. The Morgan fingerprint density at radius 1 is 1.03 bits per heavy atom. The number of sulfone groups is 1. The summed E-state index contributed by atoms with van der Waals surface area (Å²) in [5, 5.41) is 9.81. The van der Waals surface area contributed by atoms with Gasteiger partial charge < -0.3 is 25.1 Å². The molecular formula is C28H28N4O4S. The number of rotatable bonds is 10. The average Bonchev–Trinajstić information content (AvgIpc) is 3.37. The molecule has 0 bridgehead atoms. The molecule has 0 radical (unpaired) electrons. The van der Waals surface area contributed by atoms with Crippen LogP contribution < -0.4 is 25.6 Å². The number of allylic oxidation sites excluding steroid dienone is 2. The lowest BCUT2D eigenvalue weighted by Gasteiger charge is -2.26. The molecule has 0 unspecified atom stereocenters. The first kappa shape index (κ1) is 24.5. The zero-order valence-electron chi connectivity index (χ0n) is 20.3. The van der Waals surface area contributed by atoms with Crippen LogP contribution >= 0.6 is 0 Å². The summed E-state index contributed by atoms with van der Waals surface area (Å²) >= 11 is 0. The van der Waals surface area contributed by atoms with Gasteiger partial charge in [0.1, 0.15) is 21.3 Å². The minimum atomic E-state index is -2.98. The Morgan fingerprint density at radius 3 is 2.59 bits per heavy atom. The molecule has 2 aromatic carbocycles. The Kier molecular flexibility index (Phi) is 7.16. The molecule has 0 fully saturated rings. The molecule has 5 rings (SSSR count). The van der Waals surface area contributed by atoms with E-state index in [4.69, 9.17) is 9.15 Å². The van der Waals surface area contributed by atoms with E-state index < -0.39 is 9.84 Å². The van der Waals surface area contributed by atoms with Gasteiger partial charge in [-0.2, -0.15) is 0 Å². The first-order valence-corrected chi connectivity index (χ1v) is 13.9. The van der Waals surface area contributed by atoms with Gasteiger partial charge in [0.05, 0.1) is 17.7 Å². The summed E-state index contributed by atoms with van der Waals surface area (Å²) in [5.41, 5.74) is 4.83. The molecule has 0 atom stereocenters. The van der Waals surface area contributed by atoms with Crippen molar-refractivity contribution in [3.05, 3.63) is 120 Å².